The first-order valence-corrected chi connectivity index (χ1v) is 7.52. The molecule has 1 heterocycles. The summed E-state index contributed by atoms with van der Waals surface area (Å²) >= 11 is 9.66. The minimum atomic E-state index is 0.745. The van der Waals surface area contributed by atoms with Crippen molar-refractivity contribution in [3.05, 3.63) is 51.5 Å². The number of hydrogen-bond donors (Lipinski definition) is 1. The average molecular weight is 343 g/mol. The molecule has 19 heavy (non-hydrogen) atoms. The Morgan fingerprint density at radius 2 is 2.26 bits per heavy atom. The SMILES string of the molecule is CCCNCc1nccn1Cc1ccc(Br)cc1Cl. The highest BCUT2D eigenvalue weighted by molar-refractivity contribution is 9.10. The second-order valence-electron chi connectivity index (χ2n) is 4.38. The van der Waals surface area contributed by atoms with E-state index in [0.29, 0.717) is 0 Å². The lowest BCUT2D eigenvalue weighted by atomic mass is 10.2. The normalized spacial score (nSPS) is 10.9. The Labute approximate surface area is 127 Å². The molecule has 0 atom stereocenters. The van der Waals surface area contributed by atoms with Crippen LogP contribution in [0.2, 0.25) is 5.02 Å². The molecule has 0 saturated carbocycles. The average Bonchev–Trinajstić information content (AvgIpc) is 2.81. The van der Waals surface area contributed by atoms with E-state index in [0.717, 1.165) is 46.9 Å². The van der Waals surface area contributed by atoms with E-state index in [1.807, 2.05) is 30.6 Å². The second-order valence-corrected chi connectivity index (χ2v) is 5.71. The highest BCUT2D eigenvalue weighted by Crippen LogP contribution is 2.22. The Morgan fingerprint density at radius 1 is 1.42 bits per heavy atom. The molecule has 0 aliphatic carbocycles. The van der Waals surface area contributed by atoms with Gasteiger partial charge in [-0.3, -0.25) is 0 Å². The maximum absolute atomic E-state index is 6.25. The van der Waals surface area contributed by atoms with Crippen molar-refractivity contribution in [3.8, 4) is 0 Å². The quantitative estimate of drug-likeness (QED) is 0.808. The van der Waals surface area contributed by atoms with Gasteiger partial charge in [0.05, 0.1) is 13.1 Å². The fourth-order valence-electron chi connectivity index (χ4n) is 1.86. The molecule has 0 aliphatic heterocycles. The predicted octanol–water partition coefficient (Wildman–Crippen LogP) is 3.85. The zero-order chi connectivity index (χ0) is 13.7. The van der Waals surface area contributed by atoms with Crippen LogP contribution in [0.5, 0.6) is 0 Å². The van der Waals surface area contributed by atoms with Gasteiger partial charge in [-0.2, -0.15) is 0 Å². The van der Waals surface area contributed by atoms with Crippen molar-refractivity contribution in [1.82, 2.24) is 14.9 Å². The van der Waals surface area contributed by atoms with E-state index < -0.39 is 0 Å². The van der Waals surface area contributed by atoms with Gasteiger partial charge in [0, 0.05) is 21.9 Å². The zero-order valence-corrected chi connectivity index (χ0v) is 13.2. The third-order valence-corrected chi connectivity index (χ3v) is 3.71. The monoisotopic (exact) mass is 341 g/mol. The molecular formula is C14H17BrClN3. The first-order valence-electron chi connectivity index (χ1n) is 6.35. The fourth-order valence-corrected chi connectivity index (χ4v) is 2.59. The lowest BCUT2D eigenvalue weighted by molar-refractivity contribution is 0.615. The van der Waals surface area contributed by atoms with Crippen LogP contribution in [-0.2, 0) is 13.1 Å². The van der Waals surface area contributed by atoms with Crippen molar-refractivity contribution in [2.24, 2.45) is 0 Å². The molecule has 0 spiro atoms. The van der Waals surface area contributed by atoms with Gasteiger partial charge < -0.3 is 9.88 Å². The number of nitrogens with zero attached hydrogens (tertiary/aromatic N) is 2. The predicted molar refractivity (Wildman–Crippen MR) is 82.5 cm³/mol. The lowest BCUT2D eigenvalue weighted by Crippen LogP contribution is -2.18. The Bertz CT molecular complexity index is 539. The molecule has 0 radical (unpaired) electrons. The van der Waals surface area contributed by atoms with E-state index in [4.69, 9.17) is 11.6 Å². The zero-order valence-electron chi connectivity index (χ0n) is 10.9. The number of nitrogens with one attached hydrogen (secondary N) is 1. The summed E-state index contributed by atoms with van der Waals surface area (Å²) in [6.07, 6.45) is 4.94. The van der Waals surface area contributed by atoms with Crippen molar-refractivity contribution < 1.29 is 0 Å². The number of imidazole rings is 1. The number of hydrogen-bond acceptors (Lipinski definition) is 2. The van der Waals surface area contributed by atoms with Gasteiger partial charge in [0.15, 0.2) is 0 Å². The number of aromatic nitrogens is 2. The summed E-state index contributed by atoms with van der Waals surface area (Å²) in [5, 5.41) is 4.14. The van der Waals surface area contributed by atoms with Gasteiger partial charge in [0.25, 0.3) is 0 Å². The van der Waals surface area contributed by atoms with Gasteiger partial charge in [-0.15, -0.1) is 0 Å². The highest BCUT2D eigenvalue weighted by atomic mass is 79.9. The molecule has 0 aliphatic rings. The van der Waals surface area contributed by atoms with Crippen molar-refractivity contribution in [2.45, 2.75) is 26.4 Å². The third kappa shape index (κ3) is 4.06. The van der Waals surface area contributed by atoms with Gasteiger partial charge in [-0.25, -0.2) is 4.98 Å². The van der Waals surface area contributed by atoms with E-state index in [1.165, 1.54) is 0 Å². The van der Waals surface area contributed by atoms with Gasteiger partial charge >= 0.3 is 0 Å². The van der Waals surface area contributed by atoms with Crippen molar-refractivity contribution in [3.63, 3.8) is 0 Å². The van der Waals surface area contributed by atoms with Crippen LogP contribution in [0.4, 0.5) is 0 Å². The molecule has 0 bridgehead atoms. The second kappa shape index (κ2) is 7.08. The fraction of sp³-hybridized carbons (Fsp3) is 0.357. The molecule has 1 aromatic carbocycles. The maximum Gasteiger partial charge on any atom is 0.122 e. The van der Waals surface area contributed by atoms with Gasteiger partial charge in [-0.1, -0.05) is 40.5 Å². The Hall–Kier alpha value is -0.840. The number of halogens is 2. The topological polar surface area (TPSA) is 29.9 Å². The van der Waals surface area contributed by atoms with E-state index in [9.17, 15) is 0 Å². The summed E-state index contributed by atoms with van der Waals surface area (Å²) in [4.78, 5) is 4.38. The Balaban J connectivity index is 2.08. The lowest BCUT2D eigenvalue weighted by Gasteiger charge is -2.10. The molecule has 0 unspecified atom stereocenters. The minimum Gasteiger partial charge on any atom is -0.329 e. The number of rotatable bonds is 6. The minimum absolute atomic E-state index is 0.745. The molecular weight excluding hydrogens is 326 g/mol. The maximum atomic E-state index is 6.25. The molecule has 0 fully saturated rings. The molecule has 0 amide bonds. The molecule has 1 aromatic heterocycles. The summed E-state index contributed by atoms with van der Waals surface area (Å²) in [7, 11) is 0. The van der Waals surface area contributed by atoms with E-state index in [-0.39, 0.29) is 0 Å². The van der Waals surface area contributed by atoms with Crippen LogP contribution in [0, 0.1) is 0 Å². The van der Waals surface area contributed by atoms with E-state index >= 15 is 0 Å². The van der Waals surface area contributed by atoms with Crippen LogP contribution >= 0.6 is 27.5 Å². The molecule has 2 aromatic rings. The molecule has 5 heteroatoms. The summed E-state index contributed by atoms with van der Waals surface area (Å²) in [6.45, 7) is 4.69. The van der Waals surface area contributed by atoms with E-state index in [1.54, 1.807) is 0 Å². The Kier molecular flexibility index (Phi) is 5.43. The highest BCUT2D eigenvalue weighted by Gasteiger charge is 2.06. The molecule has 1 N–H and O–H groups in total. The first kappa shape index (κ1) is 14.6. The smallest absolute Gasteiger partial charge is 0.122 e. The van der Waals surface area contributed by atoms with Gasteiger partial charge in [-0.05, 0) is 30.7 Å². The molecule has 3 nitrogen and oxygen atoms in total. The molecule has 102 valence electrons. The summed E-state index contributed by atoms with van der Waals surface area (Å²) in [5.74, 6) is 1.03. The van der Waals surface area contributed by atoms with Crippen LogP contribution in [0.1, 0.15) is 24.7 Å². The van der Waals surface area contributed by atoms with Crippen LogP contribution in [0.15, 0.2) is 35.1 Å². The van der Waals surface area contributed by atoms with Crippen LogP contribution < -0.4 is 5.32 Å². The van der Waals surface area contributed by atoms with Gasteiger partial charge in [0.1, 0.15) is 5.82 Å². The number of benzene rings is 1. The summed E-state index contributed by atoms with van der Waals surface area (Å²) in [5.41, 5.74) is 1.10. The third-order valence-electron chi connectivity index (χ3n) is 2.87. The van der Waals surface area contributed by atoms with Gasteiger partial charge in [0.2, 0.25) is 0 Å². The largest absolute Gasteiger partial charge is 0.329 e. The first-order chi connectivity index (χ1) is 9.20. The summed E-state index contributed by atoms with van der Waals surface area (Å²) < 4.78 is 3.12. The van der Waals surface area contributed by atoms with Crippen LogP contribution in [0.25, 0.3) is 0 Å². The van der Waals surface area contributed by atoms with Crippen molar-refractivity contribution in [1.29, 1.82) is 0 Å². The molecule has 0 saturated heterocycles. The standard InChI is InChI=1S/C14H17BrClN3/c1-2-5-17-9-14-18-6-7-19(14)10-11-3-4-12(15)8-13(11)16/h3-4,6-8,17H,2,5,9-10H2,1H3. The van der Waals surface area contributed by atoms with E-state index in [2.05, 4.69) is 37.7 Å². The summed E-state index contributed by atoms with van der Waals surface area (Å²) in [6, 6.07) is 5.96. The van der Waals surface area contributed by atoms with Crippen LogP contribution in [-0.4, -0.2) is 16.1 Å². The van der Waals surface area contributed by atoms with Crippen molar-refractivity contribution in [2.75, 3.05) is 6.54 Å². The molecule has 2 rings (SSSR count). The van der Waals surface area contributed by atoms with Crippen molar-refractivity contribution >= 4 is 27.5 Å². The Morgan fingerprint density at radius 3 is 3.00 bits per heavy atom. The van der Waals surface area contributed by atoms with Crippen LogP contribution in [0.3, 0.4) is 0 Å².